The van der Waals surface area contributed by atoms with Crippen molar-refractivity contribution in [2.45, 2.75) is 18.9 Å². The minimum Gasteiger partial charge on any atom is -0.378 e. The first-order chi connectivity index (χ1) is 12.6. The lowest BCUT2D eigenvalue weighted by atomic mass is 10.0. The predicted octanol–water partition coefficient (Wildman–Crippen LogP) is 2.79. The van der Waals surface area contributed by atoms with E-state index in [1.54, 1.807) is 6.07 Å². The van der Waals surface area contributed by atoms with Gasteiger partial charge in [0.15, 0.2) is 5.13 Å². The number of benzene rings is 1. The summed E-state index contributed by atoms with van der Waals surface area (Å²) >= 11 is 1.53. The van der Waals surface area contributed by atoms with Gasteiger partial charge in [-0.05, 0) is 31.0 Å². The Morgan fingerprint density at radius 3 is 2.73 bits per heavy atom. The third kappa shape index (κ3) is 3.48. The first-order valence-corrected chi connectivity index (χ1v) is 9.84. The topological polar surface area (TPSA) is 48.9 Å². The van der Waals surface area contributed by atoms with Crippen LogP contribution in [0.4, 0.5) is 14.3 Å². The lowest BCUT2D eigenvalue weighted by Crippen LogP contribution is -2.52. The number of carbonyl (C=O) groups is 1. The summed E-state index contributed by atoms with van der Waals surface area (Å²) in [4.78, 5) is 23.3. The van der Waals surface area contributed by atoms with Crippen LogP contribution in [-0.4, -0.2) is 73.3 Å². The monoisotopic (exact) mass is 378 g/mol. The second-order valence-electron chi connectivity index (χ2n) is 6.82. The second kappa shape index (κ2) is 7.36. The van der Waals surface area contributed by atoms with Crippen molar-refractivity contribution in [3.63, 3.8) is 0 Å². The molecule has 0 saturated carbocycles. The van der Waals surface area contributed by atoms with Gasteiger partial charge in [-0.25, -0.2) is 14.2 Å². The first-order valence-electron chi connectivity index (χ1n) is 9.02. The molecule has 1 aromatic carbocycles. The number of aromatic nitrogens is 1. The molecule has 0 unspecified atom stereocenters. The van der Waals surface area contributed by atoms with E-state index in [4.69, 9.17) is 4.74 Å². The van der Waals surface area contributed by atoms with Crippen LogP contribution in [0.2, 0.25) is 0 Å². The molecule has 2 amide bonds. The number of fused-ring (bicyclic) bond motifs is 1. The quantitative estimate of drug-likeness (QED) is 0.806. The number of morpholine rings is 1. The van der Waals surface area contributed by atoms with Gasteiger partial charge in [-0.1, -0.05) is 11.3 Å². The molecule has 0 radical (unpaired) electrons. The number of rotatable bonds is 2. The zero-order valence-electron chi connectivity index (χ0n) is 14.9. The summed E-state index contributed by atoms with van der Waals surface area (Å²) in [6, 6.07) is 5.06. The number of amides is 2. The molecule has 4 rings (SSSR count). The van der Waals surface area contributed by atoms with Gasteiger partial charge in [0.2, 0.25) is 0 Å². The Hall–Kier alpha value is -1.93. The molecule has 2 aliphatic heterocycles. The first kappa shape index (κ1) is 17.5. The summed E-state index contributed by atoms with van der Waals surface area (Å²) in [7, 11) is 1.90. The maximum Gasteiger partial charge on any atom is 0.320 e. The Kier molecular flexibility index (Phi) is 4.95. The summed E-state index contributed by atoms with van der Waals surface area (Å²) in [5.41, 5.74) is 0.841. The Bertz CT molecular complexity index is 785. The van der Waals surface area contributed by atoms with E-state index >= 15 is 0 Å². The predicted molar refractivity (Wildman–Crippen MR) is 100 cm³/mol. The van der Waals surface area contributed by atoms with E-state index < -0.39 is 0 Å². The van der Waals surface area contributed by atoms with E-state index in [0.717, 1.165) is 41.3 Å². The van der Waals surface area contributed by atoms with Crippen LogP contribution in [0.5, 0.6) is 0 Å². The normalized spacial score (nSPS) is 19.2. The zero-order chi connectivity index (χ0) is 18.1. The third-order valence-electron chi connectivity index (χ3n) is 5.21. The number of nitrogens with zero attached hydrogens (tertiary/aromatic N) is 4. The van der Waals surface area contributed by atoms with Gasteiger partial charge in [-0.2, -0.15) is 0 Å². The third-order valence-corrected chi connectivity index (χ3v) is 6.28. The number of hydrogen-bond acceptors (Lipinski definition) is 5. The Labute approximate surface area is 156 Å². The lowest BCUT2D eigenvalue weighted by molar-refractivity contribution is 0.0409. The fourth-order valence-electron chi connectivity index (χ4n) is 3.60. The van der Waals surface area contributed by atoms with Gasteiger partial charge in [0, 0.05) is 39.3 Å². The number of thiazole rings is 1. The van der Waals surface area contributed by atoms with Crippen LogP contribution in [-0.2, 0) is 4.74 Å². The summed E-state index contributed by atoms with van der Waals surface area (Å²) in [6.07, 6.45) is 1.83. The summed E-state index contributed by atoms with van der Waals surface area (Å²) < 4.78 is 19.6. The van der Waals surface area contributed by atoms with Crippen molar-refractivity contribution in [2.24, 2.45) is 0 Å². The standard InChI is InChI=1S/C18H23FN4O2S/c1-21(18(24)23-8-10-25-11-9-23)14-4-6-22(7-5-14)17-20-15-3-2-13(19)12-16(15)26-17/h2-3,12,14H,4-11H2,1H3. The average Bonchev–Trinajstić information content (AvgIpc) is 3.11. The molecular weight excluding hydrogens is 355 g/mol. The van der Waals surface area contributed by atoms with Crippen LogP contribution in [0.15, 0.2) is 18.2 Å². The number of urea groups is 1. The fraction of sp³-hybridized carbons (Fsp3) is 0.556. The van der Waals surface area contributed by atoms with Gasteiger partial charge in [0.05, 0.1) is 23.4 Å². The van der Waals surface area contributed by atoms with Gasteiger partial charge in [-0.3, -0.25) is 0 Å². The SMILES string of the molecule is CN(C(=O)N1CCOCC1)C1CCN(c2nc3ccc(F)cc3s2)CC1. The van der Waals surface area contributed by atoms with Crippen molar-refractivity contribution in [3.8, 4) is 0 Å². The maximum atomic E-state index is 13.4. The molecule has 140 valence electrons. The fourth-order valence-corrected chi connectivity index (χ4v) is 4.64. The number of anilines is 1. The minimum atomic E-state index is -0.227. The van der Waals surface area contributed by atoms with E-state index in [2.05, 4.69) is 9.88 Å². The van der Waals surface area contributed by atoms with Crippen LogP contribution < -0.4 is 4.90 Å². The maximum absolute atomic E-state index is 13.4. The molecule has 2 aliphatic rings. The summed E-state index contributed by atoms with van der Waals surface area (Å²) in [5, 5.41) is 0.936. The van der Waals surface area contributed by atoms with Crippen LogP contribution >= 0.6 is 11.3 Å². The minimum absolute atomic E-state index is 0.0993. The highest BCUT2D eigenvalue weighted by Crippen LogP contribution is 2.31. The van der Waals surface area contributed by atoms with Crippen molar-refractivity contribution in [2.75, 3.05) is 51.3 Å². The van der Waals surface area contributed by atoms with Crippen LogP contribution in [0.1, 0.15) is 12.8 Å². The molecule has 0 N–H and O–H groups in total. The largest absolute Gasteiger partial charge is 0.378 e. The molecule has 0 spiro atoms. The molecule has 0 atom stereocenters. The van der Waals surface area contributed by atoms with Gasteiger partial charge in [0.25, 0.3) is 0 Å². The van der Waals surface area contributed by atoms with Crippen molar-refractivity contribution in [1.29, 1.82) is 0 Å². The van der Waals surface area contributed by atoms with E-state index in [9.17, 15) is 9.18 Å². The van der Waals surface area contributed by atoms with E-state index in [-0.39, 0.29) is 17.9 Å². The van der Waals surface area contributed by atoms with E-state index in [1.165, 1.54) is 23.5 Å². The molecule has 8 heteroatoms. The van der Waals surface area contributed by atoms with E-state index in [1.807, 2.05) is 16.8 Å². The molecule has 2 aromatic rings. The van der Waals surface area contributed by atoms with Crippen LogP contribution in [0.3, 0.4) is 0 Å². The molecule has 1 aromatic heterocycles. The Balaban J connectivity index is 1.37. The van der Waals surface area contributed by atoms with Crippen molar-refractivity contribution < 1.29 is 13.9 Å². The molecule has 2 saturated heterocycles. The Morgan fingerprint density at radius 1 is 1.27 bits per heavy atom. The van der Waals surface area contributed by atoms with Crippen molar-refractivity contribution in [3.05, 3.63) is 24.0 Å². The molecule has 3 heterocycles. The summed E-state index contributed by atoms with van der Waals surface area (Å²) in [6.45, 7) is 4.29. The molecule has 0 bridgehead atoms. The smallest absolute Gasteiger partial charge is 0.320 e. The molecule has 26 heavy (non-hydrogen) atoms. The van der Waals surface area contributed by atoms with Gasteiger partial charge in [-0.15, -0.1) is 0 Å². The van der Waals surface area contributed by atoms with Crippen LogP contribution in [0, 0.1) is 5.82 Å². The number of carbonyl (C=O) groups excluding carboxylic acids is 1. The number of hydrogen-bond donors (Lipinski definition) is 0. The van der Waals surface area contributed by atoms with Crippen molar-refractivity contribution >= 4 is 32.7 Å². The highest BCUT2D eigenvalue weighted by Gasteiger charge is 2.29. The van der Waals surface area contributed by atoms with Gasteiger partial charge in [0.1, 0.15) is 5.82 Å². The highest BCUT2D eigenvalue weighted by atomic mass is 32.1. The van der Waals surface area contributed by atoms with Gasteiger partial charge >= 0.3 is 6.03 Å². The highest BCUT2D eigenvalue weighted by molar-refractivity contribution is 7.22. The molecular formula is C18H23FN4O2S. The average molecular weight is 378 g/mol. The molecule has 0 aliphatic carbocycles. The van der Waals surface area contributed by atoms with E-state index in [0.29, 0.717) is 26.3 Å². The lowest BCUT2D eigenvalue weighted by Gasteiger charge is -2.39. The molecule has 2 fully saturated rings. The second-order valence-corrected chi connectivity index (χ2v) is 7.83. The number of halogens is 1. The number of piperidine rings is 1. The molecule has 6 nitrogen and oxygen atoms in total. The van der Waals surface area contributed by atoms with Crippen molar-refractivity contribution in [1.82, 2.24) is 14.8 Å². The van der Waals surface area contributed by atoms with Gasteiger partial charge < -0.3 is 19.4 Å². The van der Waals surface area contributed by atoms with Crippen LogP contribution in [0.25, 0.3) is 10.2 Å². The number of ether oxygens (including phenoxy) is 1. The Morgan fingerprint density at radius 2 is 2.00 bits per heavy atom. The zero-order valence-corrected chi connectivity index (χ0v) is 15.7. The summed E-state index contributed by atoms with van der Waals surface area (Å²) in [5.74, 6) is -0.227.